The number of carbonyl (C=O) groups is 2. The van der Waals surface area contributed by atoms with Crippen LogP contribution >= 0.6 is 0 Å². The van der Waals surface area contributed by atoms with Crippen molar-refractivity contribution >= 4 is 11.8 Å². The fourth-order valence-electron chi connectivity index (χ4n) is 0.843. The van der Waals surface area contributed by atoms with E-state index in [1.165, 1.54) is 13.8 Å². The summed E-state index contributed by atoms with van der Waals surface area (Å²) in [6.45, 7) is 4.43. The molecule has 0 aliphatic rings. The van der Waals surface area contributed by atoms with Crippen molar-refractivity contribution in [1.82, 2.24) is 0 Å². The molecule has 0 aliphatic heterocycles. The minimum absolute atomic E-state index is 0.201. The Hall–Kier alpha value is -0.900. The zero-order valence-electron chi connectivity index (χ0n) is 7.59. The molecule has 0 radical (unpaired) electrons. The molecule has 70 valence electrons. The molecular weight excluding hydrogens is 160 g/mol. The van der Waals surface area contributed by atoms with Crippen LogP contribution in [0.5, 0.6) is 0 Å². The highest BCUT2D eigenvalue weighted by Crippen LogP contribution is 2.11. The molecule has 0 aromatic carbocycles. The third-order valence-corrected chi connectivity index (χ3v) is 1.31. The average molecular weight is 174 g/mol. The van der Waals surface area contributed by atoms with Crippen LogP contribution in [0.15, 0.2) is 0 Å². The van der Waals surface area contributed by atoms with E-state index in [1.54, 1.807) is 6.92 Å². The van der Waals surface area contributed by atoms with Crippen molar-refractivity contribution < 1.29 is 19.4 Å². The van der Waals surface area contributed by atoms with E-state index in [9.17, 15) is 14.7 Å². The van der Waals surface area contributed by atoms with Crippen molar-refractivity contribution in [1.29, 1.82) is 0 Å². The number of Topliss-reactive ketones (excluding diaryl/α,β-unsaturated/α-hetero) is 1. The quantitative estimate of drug-likeness (QED) is 0.622. The van der Waals surface area contributed by atoms with Crippen molar-refractivity contribution in [2.24, 2.45) is 0 Å². The molecule has 0 aromatic rings. The number of ether oxygens (including phenoxy) is 1. The molecule has 0 saturated carbocycles. The average Bonchev–Trinajstić information content (AvgIpc) is 1.85. The Labute approximate surface area is 71.5 Å². The van der Waals surface area contributed by atoms with Crippen LogP contribution in [-0.4, -0.2) is 29.1 Å². The van der Waals surface area contributed by atoms with Gasteiger partial charge in [0.1, 0.15) is 5.78 Å². The molecule has 0 aromatic heterocycles. The molecule has 0 amide bonds. The molecule has 1 atom stereocenters. The van der Waals surface area contributed by atoms with Gasteiger partial charge in [-0.2, -0.15) is 0 Å². The van der Waals surface area contributed by atoms with Crippen LogP contribution in [0.4, 0.5) is 0 Å². The molecule has 12 heavy (non-hydrogen) atoms. The number of carbonyl (C=O) groups excluding carboxylic acids is 2. The summed E-state index contributed by atoms with van der Waals surface area (Å²) >= 11 is 0. The van der Waals surface area contributed by atoms with Crippen LogP contribution in [-0.2, 0) is 14.3 Å². The van der Waals surface area contributed by atoms with Gasteiger partial charge in [-0.3, -0.25) is 4.79 Å². The van der Waals surface area contributed by atoms with Crippen LogP contribution < -0.4 is 0 Å². The number of hydrogen-bond acceptors (Lipinski definition) is 4. The summed E-state index contributed by atoms with van der Waals surface area (Å²) in [6.07, 6.45) is -0.203. The molecule has 0 bridgehead atoms. The topological polar surface area (TPSA) is 63.6 Å². The zero-order valence-corrected chi connectivity index (χ0v) is 7.59. The minimum atomic E-state index is -1.68. The number of hydrogen-bond donors (Lipinski definition) is 1. The molecule has 0 saturated heterocycles. The first-order chi connectivity index (χ1) is 5.40. The number of aliphatic hydroxyl groups is 1. The normalized spacial score (nSPS) is 15.0. The summed E-state index contributed by atoms with van der Waals surface area (Å²) in [5, 5.41) is 9.39. The highest BCUT2D eigenvalue weighted by atomic mass is 16.5. The maximum absolute atomic E-state index is 11.0. The van der Waals surface area contributed by atoms with Crippen LogP contribution in [0.25, 0.3) is 0 Å². The van der Waals surface area contributed by atoms with Crippen molar-refractivity contribution in [3.05, 3.63) is 0 Å². The summed E-state index contributed by atoms with van der Waals surface area (Å²) in [5.41, 5.74) is -1.68. The van der Waals surface area contributed by atoms with Gasteiger partial charge in [-0.15, -0.1) is 0 Å². The van der Waals surface area contributed by atoms with Crippen molar-refractivity contribution in [2.45, 2.75) is 32.8 Å². The van der Waals surface area contributed by atoms with Gasteiger partial charge in [0.2, 0.25) is 0 Å². The van der Waals surface area contributed by atoms with E-state index in [0.29, 0.717) is 0 Å². The smallest absolute Gasteiger partial charge is 0.338 e. The Kier molecular flexibility index (Phi) is 3.89. The van der Waals surface area contributed by atoms with E-state index in [4.69, 9.17) is 0 Å². The van der Waals surface area contributed by atoms with E-state index in [2.05, 4.69) is 4.74 Å². The Morgan fingerprint density at radius 3 is 2.33 bits per heavy atom. The van der Waals surface area contributed by atoms with Crippen molar-refractivity contribution in [3.63, 3.8) is 0 Å². The molecular formula is C8H14O4. The maximum atomic E-state index is 11.0. The van der Waals surface area contributed by atoms with Gasteiger partial charge in [0.05, 0.1) is 6.61 Å². The van der Waals surface area contributed by atoms with Crippen LogP contribution in [0.1, 0.15) is 27.2 Å². The molecule has 0 spiro atoms. The predicted molar refractivity (Wildman–Crippen MR) is 42.6 cm³/mol. The Morgan fingerprint density at radius 2 is 2.00 bits per heavy atom. The van der Waals surface area contributed by atoms with E-state index < -0.39 is 11.6 Å². The molecule has 0 heterocycles. The lowest BCUT2D eigenvalue weighted by atomic mass is 10.0. The fourth-order valence-corrected chi connectivity index (χ4v) is 0.843. The lowest BCUT2D eigenvalue weighted by Crippen LogP contribution is -2.38. The van der Waals surface area contributed by atoms with Gasteiger partial charge in [-0.1, -0.05) is 0 Å². The predicted octanol–water partition coefficient (Wildman–Crippen LogP) is 0.280. The number of esters is 1. The second kappa shape index (κ2) is 4.21. The zero-order chi connectivity index (χ0) is 9.78. The van der Waals surface area contributed by atoms with E-state index in [1.807, 2.05) is 0 Å². The standard InChI is InChI=1S/C8H14O4/c1-4-12-7(10)8(3,11)5-6(2)9/h11H,4-5H2,1-3H3/t8-/m0/s1. The van der Waals surface area contributed by atoms with Crippen LogP contribution in [0.2, 0.25) is 0 Å². The SMILES string of the molecule is CCOC(=O)[C@@](C)(O)CC(C)=O. The summed E-state index contributed by atoms with van der Waals surface area (Å²) in [4.78, 5) is 21.6. The first-order valence-electron chi connectivity index (χ1n) is 3.79. The number of rotatable bonds is 4. The van der Waals surface area contributed by atoms with Gasteiger partial charge in [0, 0.05) is 6.42 Å². The second-order valence-electron chi connectivity index (χ2n) is 2.87. The summed E-state index contributed by atoms with van der Waals surface area (Å²) < 4.78 is 4.57. The minimum Gasteiger partial charge on any atom is -0.464 e. The van der Waals surface area contributed by atoms with E-state index in [-0.39, 0.29) is 18.8 Å². The van der Waals surface area contributed by atoms with Gasteiger partial charge in [0.25, 0.3) is 0 Å². The molecule has 0 unspecified atom stereocenters. The lowest BCUT2D eigenvalue weighted by molar-refractivity contribution is -0.165. The Bertz CT molecular complexity index is 183. The highest BCUT2D eigenvalue weighted by Gasteiger charge is 2.33. The summed E-state index contributed by atoms with van der Waals surface area (Å²) in [5.74, 6) is -0.992. The summed E-state index contributed by atoms with van der Waals surface area (Å²) in [6, 6.07) is 0. The third kappa shape index (κ3) is 3.48. The van der Waals surface area contributed by atoms with Crippen LogP contribution in [0, 0.1) is 0 Å². The molecule has 4 nitrogen and oxygen atoms in total. The fraction of sp³-hybridized carbons (Fsp3) is 0.750. The second-order valence-corrected chi connectivity index (χ2v) is 2.87. The first kappa shape index (κ1) is 11.1. The molecule has 4 heteroatoms. The molecule has 1 N–H and O–H groups in total. The van der Waals surface area contributed by atoms with Gasteiger partial charge >= 0.3 is 5.97 Å². The largest absolute Gasteiger partial charge is 0.464 e. The van der Waals surface area contributed by atoms with Gasteiger partial charge in [0.15, 0.2) is 5.60 Å². The van der Waals surface area contributed by atoms with Crippen molar-refractivity contribution in [3.8, 4) is 0 Å². The monoisotopic (exact) mass is 174 g/mol. The van der Waals surface area contributed by atoms with Gasteiger partial charge in [-0.05, 0) is 20.8 Å². The van der Waals surface area contributed by atoms with E-state index in [0.717, 1.165) is 0 Å². The van der Waals surface area contributed by atoms with Gasteiger partial charge < -0.3 is 9.84 Å². The molecule has 0 fully saturated rings. The van der Waals surface area contributed by atoms with Crippen LogP contribution in [0.3, 0.4) is 0 Å². The first-order valence-corrected chi connectivity index (χ1v) is 3.79. The Balaban J connectivity index is 4.18. The van der Waals surface area contributed by atoms with E-state index >= 15 is 0 Å². The Morgan fingerprint density at radius 1 is 1.50 bits per heavy atom. The molecule has 0 rings (SSSR count). The summed E-state index contributed by atoms with van der Waals surface area (Å²) in [7, 11) is 0. The number of ketones is 1. The molecule has 0 aliphatic carbocycles. The highest BCUT2D eigenvalue weighted by molar-refractivity contribution is 5.87. The van der Waals surface area contributed by atoms with Gasteiger partial charge in [-0.25, -0.2) is 4.79 Å². The van der Waals surface area contributed by atoms with Crippen molar-refractivity contribution in [2.75, 3.05) is 6.61 Å². The maximum Gasteiger partial charge on any atom is 0.338 e. The lowest BCUT2D eigenvalue weighted by Gasteiger charge is -2.18. The third-order valence-electron chi connectivity index (χ3n) is 1.31.